The van der Waals surface area contributed by atoms with Gasteiger partial charge in [-0.15, -0.1) is 0 Å². The van der Waals surface area contributed by atoms with Crippen LogP contribution in [-0.2, 0) is 9.53 Å². The molecule has 1 unspecified atom stereocenters. The van der Waals surface area contributed by atoms with E-state index in [4.69, 9.17) is 4.74 Å². The monoisotopic (exact) mass is 334 g/mol. The van der Waals surface area contributed by atoms with Crippen LogP contribution in [0, 0.1) is 5.92 Å². The molecular weight excluding hydrogens is 300 g/mol. The standard InChI is InChI=1S/C20H34N2O2/c1-5-22(6-2)13-15-24-14-12-21-20(23)16-19(17(3)4)18-10-8-7-9-11-18/h7-11,17,19H,5-6,12-16H2,1-4H3,(H,21,23). The molecular formula is C20H34N2O2. The molecule has 0 fully saturated rings. The van der Waals surface area contributed by atoms with E-state index in [9.17, 15) is 4.79 Å². The zero-order chi connectivity index (χ0) is 17.8. The number of benzene rings is 1. The van der Waals surface area contributed by atoms with Crippen LogP contribution in [0.5, 0.6) is 0 Å². The molecule has 4 heteroatoms. The Bertz CT molecular complexity index is 444. The summed E-state index contributed by atoms with van der Waals surface area (Å²) >= 11 is 0. The highest BCUT2D eigenvalue weighted by Gasteiger charge is 2.19. The molecule has 0 aliphatic rings. The van der Waals surface area contributed by atoms with Crippen LogP contribution in [0.1, 0.15) is 45.6 Å². The maximum absolute atomic E-state index is 12.2. The van der Waals surface area contributed by atoms with E-state index in [1.54, 1.807) is 0 Å². The molecule has 0 bridgehead atoms. The number of nitrogens with zero attached hydrogens (tertiary/aromatic N) is 1. The minimum Gasteiger partial charge on any atom is -0.378 e. The Kier molecular flexibility index (Phi) is 10.4. The van der Waals surface area contributed by atoms with Crippen molar-refractivity contribution >= 4 is 5.91 Å². The van der Waals surface area contributed by atoms with Crippen LogP contribution in [0.2, 0.25) is 0 Å². The van der Waals surface area contributed by atoms with Crippen LogP contribution in [0.4, 0.5) is 0 Å². The Morgan fingerprint density at radius 3 is 2.38 bits per heavy atom. The Morgan fingerprint density at radius 1 is 1.12 bits per heavy atom. The fourth-order valence-corrected chi connectivity index (χ4v) is 2.81. The molecule has 1 aromatic rings. The first-order chi connectivity index (χ1) is 11.6. The quantitative estimate of drug-likeness (QED) is 0.596. The van der Waals surface area contributed by atoms with Crippen molar-refractivity contribution in [2.24, 2.45) is 5.92 Å². The summed E-state index contributed by atoms with van der Waals surface area (Å²) in [6, 6.07) is 10.3. The molecule has 136 valence electrons. The zero-order valence-corrected chi connectivity index (χ0v) is 15.8. The maximum atomic E-state index is 12.2. The minimum absolute atomic E-state index is 0.102. The van der Waals surface area contributed by atoms with Gasteiger partial charge in [0.15, 0.2) is 0 Å². The molecule has 24 heavy (non-hydrogen) atoms. The molecule has 1 N–H and O–H groups in total. The van der Waals surface area contributed by atoms with Crippen LogP contribution < -0.4 is 5.32 Å². The second-order valence-electron chi connectivity index (χ2n) is 6.45. The number of rotatable bonds is 12. The SMILES string of the molecule is CCN(CC)CCOCCNC(=O)CC(c1ccccc1)C(C)C. The molecule has 0 saturated heterocycles. The summed E-state index contributed by atoms with van der Waals surface area (Å²) in [5.41, 5.74) is 1.23. The third-order valence-corrected chi connectivity index (χ3v) is 4.45. The third kappa shape index (κ3) is 7.93. The normalized spacial score (nSPS) is 12.6. The van der Waals surface area contributed by atoms with Gasteiger partial charge in [-0.1, -0.05) is 58.0 Å². The lowest BCUT2D eigenvalue weighted by atomic mass is 9.85. The number of hydrogen-bond acceptors (Lipinski definition) is 3. The van der Waals surface area contributed by atoms with Gasteiger partial charge >= 0.3 is 0 Å². The molecule has 0 heterocycles. The summed E-state index contributed by atoms with van der Waals surface area (Å²) in [5, 5.41) is 2.98. The van der Waals surface area contributed by atoms with Gasteiger partial charge in [0.2, 0.25) is 5.91 Å². The van der Waals surface area contributed by atoms with Crippen molar-refractivity contribution in [2.75, 3.05) is 39.4 Å². The minimum atomic E-state index is 0.102. The number of likely N-dealkylation sites (N-methyl/N-ethyl adjacent to an activating group) is 1. The first-order valence-electron chi connectivity index (χ1n) is 9.20. The largest absolute Gasteiger partial charge is 0.378 e. The van der Waals surface area contributed by atoms with Crippen molar-refractivity contribution < 1.29 is 9.53 Å². The molecule has 1 atom stereocenters. The van der Waals surface area contributed by atoms with Gasteiger partial charge in [-0.3, -0.25) is 4.79 Å². The molecule has 0 aliphatic carbocycles. The number of carbonyl (C=O) groups excluding carboxylic acids is 1. The van der Waals surface area contributed by atoms with E-state index >= 15 is 0 Å². The van der Waals surface area contributed by atoms with E-state index in [2.05, 4.69) is 50.0 Å². The van der Waals surface area contributed by atoms with Crippen molar-refractivity contribution in [2.45, 2.75) is 40.0 Å². The number of nitrogens with one attached hydrogen (secondary N) is 1. The van der Waals surface area contributed by atoms with E-state index in [0.717, 1.165) is 26.2 Å². The smallest absolute Gasteiger partial charge is 0.220 e. The van der Waals surface area contributed by atoms with E-state index in [0.29, 0.717) is 25.5 Å². The van der Waals surface area contributed by atoms with Gasteiger partial charge < -0.3 is 15.0 Å². The average Bonchev–Trinajstić information content (AvgIpc) is 2.59. The van der Waals surface area contributed by atoms with E-state index < -0.39 is 0 Å². The highest BCUT2D eigenvalue weighted by atomic mass is 16.5. The van der Waals surface area contributed by atoms with Crippen LogP contribution >= 0.6 is 0 Å². The fraction of sp³-hybridized carbons (Fsp3) is 0.650. The van der Waals surface area contributed by atoms with Crippen molar-refractivity contribution in [3.63, 3.8) is 0 Å². The number of amides is 1. The lowest BCUT2D eigenvalue weighted by Gasteiger charge is -2.21. The lowest BCUT2D eigenvalue weighted by molar-refractivity contribution is -0.121. The average molecular weight is 335 g/mol. The highest BCUT2D eigenvalue weighted by molar-refractivity contribution is 5.76. The van der Waals surface area contributed by atoms with Gasteiger partial charge in [-0.25, -0.2) is 0 Å². The maximum Gasteiger partial charge on any atom is 0.220 e. The molecule has 1 amide bonds. The molecule has 0 spiro atoms. The summed E-state index contributed by atoms with van der Waals surface area (Å²) in [5.74, 6) is 0.795. The predicted molar refractivity (Wildman–Crippen MR) is 100 cm³/mol. The second-order valence-corrected chi connectivity index (χ2v) is 6.45. The van der Waals surface area contributed by atoms with Gasteiger partial charge in [0.05, 0.1) is 13.2 Å². The van der Waals surface area contributed by atoms with Gasteiger partial charge in [-0.05, 0) is 30.5 Å². The Hall–Kier alpha value is -1.39. The van der Waals surface area contributed by atoms with Crippen molar-refractivity contribution in [3.8, 4) is 0 Å². The summed E-state index contributed by atoms with van der Waals surface area (Å²) in [6.07, 6.45) is 0.529. The van der Waals surface area contributed by atoms with E-state index in [1.807, 2.05) is 18.2 Å². The molecule has 0 aliphatic heterocycles. The Labute approximate surface area is 147 Å². The summed E-state index contributed by atoms with van der Waals surface area (Å²) in [6.45, 7) is 13.6. The number of ether oxygens (including phenoxy) is 1. The van der Waals surface area contributed by atoms with Crippen molar-refractivity contribution in [1.82, 2.24) is 10.2 Å². The van der Waals surface area contributed by atoms with Crippen LogP contribution in [0.15, 0.2) is 30.3 Å². The van der Waals surface area contributed by atoms with E-state index in [-0.39, 0.29) is 11.8 Å². The zero-order valence-electron chi connectivity index (χ0n) is 15.8. The molecule has 0 aromatic heterocycles. The lowest BCUT2D eigenvalue weighted by Crippen LogP contribution is -2.31. The van der Waals surface area contributed by atoms with Crippen LogP contribution in [-0.4, -0.2) is 50.2 Å². The van der Waals surface area contributed by atoms with Crippen LogP contribution in [0.3, 0.4) is 0 Å². The summed E-state index contributed by atoms with van der Waals surface area (Å²) in [7, 11) is 0. The van der Waals surface area contributed by atoms with Gasteiger partial charge in [0, 0.05) is 19.5 Å². The van der Waals surface area contributed by atoms with E-state index in [1.165, 1.54) is 5.56 Å². The van der Waals surface area contributed by atoms with Gasteiger partial charge in [0.25, 0.3) is 0 Å². The van der Waals surface area contributed by atoms with Gasteiger partial charge in [0.1, 0.15) is 0 Å². The molecule has 0 radical (unpaired) electrons. The second kappa shape index (κ2) is 12.0. The van der Waals surface area contributed by atoms with Crippen LogP contribution in [0.25, 0.3) is 0 Å². The number of carbonyl (C=O) groups is 1. The van der Waals surface area contributed by atoms with Crippen molar-refractivity contribution in [3.05, 3.63) is 35.9 Å². The first-order valence-corrected chi connectivity index (χ1v) is 9.20. The van der Waals surface area contributed by atoms with Crippen molar-refractivity contribution in [1.29, 1.82) is 0 Å². The molecule has 4 nitrogen and oxygen atoms in total. The summed E-state index contributed by atoms with van der Waals surface area (Å²) < 4.78 is 5.60. The predicted octanol–water partition coefficient (Wildman–Crippen LogP) is 3.29. The highest BCUT2D eigenvalue weighted by Crippen LogP contribution is 2.27. The topological polar surface area (TPSA) is 41.6 Å². The Balaban J connectivity index is 2.25. The molecule has 1 aromatic carbocycles. The summed E-state index contributed by atoms with van der Waals surface area (Å²) in [4.78, 5) is 14.5. The van der Waals surface area contributed by atoms with Gasteiger partial charge in [-0.2, -0.15) is 0 Å². The fourth-order valence-electron chi connectivity index (χ4n) is 2.81. The Morgan fingerprint density at radius 2 is 1.79 bits per heavy atom. The first kappa shape index (κ1) is 20.7. The number of hydrogen-bond donors (Lipinski definition) is 1. The molecule has 1 rings (SSSR count). The molecule has 0 saturated carbocycles. The third-order valence-electron chi connectivity index (χ3n) is 4.45.